The minimum Gasteiger partial charge on any atom is -0.494 e. The Bertz CT molecular complexity index is 969. The van der Waals surface area contributed by atoms with Gasteiger partial charge in [0.15, 0.2) is 5.13 Å². The molecule has 0 unspecified atom stereocenters. The Kier molecular flexibility index (Phi) is 7.65. The van der Waals surface area contributed by atoms with Crippen LogP contribution in [0.4, 0.5) is 5.13 Å². The molecule has 1 N–H and O–H groups in total. The van der Waals surface area contributed by atoms with Gasteiger partial charge in [0.2, 0.25) is 0 Å². The number of fused-ring (bicyclic) bond motifs is 1. The van der Waals surface area contributed by atoms with Crippen LogP contribution in [0.2, 0.25) is 0 Å². The summed E-state index contributed by atoms with van der Waals surface area (Å²) in [5, 5.41) is 0.714. The highest BCUT2D eigenvalue weighted by atomic mass is 32.1. The topological polar surface area (TPSA) is 56.1 Å². The molecule has 0 bridgehead atoms. The number of quaternary nitrogens is 1. The van der Waals surface area contributed by atoms with Gasteiger partial charge in [-0.1, -0.05) is 11.3 Å². The van der Waals surface area contributed by atoms with E-state index in [0.29, 0.717) is 30.5 Å². The van der Waals surface area contributed by atoms with E-state index in [0.717, 1.165) is 34.7 Å². The monoisotopic (exact) mass is 428 g/mol. The van der Waals surface area contributed by atoms with Crippen molar-refractivity contribution in [3.8, 4) is 11.5 Å². The number of hydrogen-bond acceptors (Lipinski definition) is 5. The van der Waals surface area contributed by atoms with E-state index in [2.05, 4.69) is 14.1 Å². The summed E-state index contributed by atoms with van der Waals surface area (Å²) in [5.41, 5.74) is 1.51. The van der Waals surface area contributed by atoms with Crippen molar-refractivity contribution in [1.82, 2.24) is 4.98 Å². The van der Waals surface area contributed by atoms with Crippen molar-refractivity contribution in [3.63, 3.8) is 0 Å². The molecule has 6 nitrogen and oxygen atoms in total. The van der Waals surface area contributed by atoms with E-state index >= 15 is 0 Å². The number of hydrogen-bond donors (Lipinski definition) is 1. The van der Waals surface area contributed by atoms with Crippen LogP contribution >= 0.6 is 11.3 Å². The number of thiazole rings is 1. The van der Waals surface area contributed by atoms with Crippen molar-refractivity contribution in [2.24, 2.45) is 0 Å². The number of nitrogens with zero attached hydrogens (tertiary/aromatic N) is 2. The van der Waals surface area contributed by atoms with Crippen LogP contribution in [-0.4, -0.2) is 51.3 Å². The van der Waals surface area contributed by atoms with Gasteiger partial charge in [-0.25, -0.2) is 4.98 Å². The average molecular weight is 429 g/mol. The molecular formula is C23H30N3O3S+. The summed E-state index contributed by atoms with van der Waals surface area (Å²) in [6.07, 6.45) is 0.894. The molecule has 2 aromatic carbocycles. The summed E-state index contributed by atoms with van der Waals surface area (Å²) in [5.74, 6) is 1.54. The van der Waals surface area contributed by atoms with Crippen LogP contribution in [0.1, 0.15) is 30.6 Å². The van der Waals surface area contributed by atoms with E-state index in [-0.39, 0.29) is 5.91 Å². The summed E-state index contributed by atoms with van der Waals surface area (Å²) in [6.45, 7) is 6.72. The standard InChI is InChI=1S/C23H29N3O3S/c1-5-28-18-10-8-17(9-11-18)22(27)26(15-7-14-25(3)4)23-24-20-13-12-19(29-6-2)16-21(20)30-23/h8-13,16H,5-7,14-15H2,1-4H3/p+1. The molecular weight excluding hydrogens is 398 g/mol. The van der Waals surface area contributed by atoms with Crippen LogP contribution in [0, 0.1) is 0 Å². The van der Waals surface area contributed by atoms with Gasteiger partial charge >= 0.3 is 0 Å². The Hall–Kier alpha value is -2.64. The van der Waals surface area contributed by atoms with Gasteiger partial charge in [0, 0.05) is 18.5 Å². The Morgan fingerprint density at radius 3 is 2.37 bits per heavy atom. The molecule has 0 atom stereocenters. The average Bonchev–Trinajstić information content (AvgIpc) is 3.14. The van der Waals surface area contributed by atoms with Crippen molar-refractivity contribution >= 4 is 32.6 Å². The summed E-state index contributed by atoms with van der Waals surface area (Å²) in [6, 6.07) is 13.2. The Morgan fingerprint density at radius 1 is 1.03 bits per heavy atom. The van der Waals surface area contributed by atoms with Gasteiger partial charge in [0.25, 0.3) is 5.91 Å². The fraction of sp³-hybridized carbons (Fsp3) is 0.391. The Labute approximate surface area is 182 Å². The minimum absolute atomic E-state index is 0.0455. The third-order valence-corrected chi connectivity index (χ3v) is 5.65. The second-order valence-corrected chi connectivity index (χ2v) is 8.29. The third-order valence-electron chi connectivity index (χ3n) is 4.61. The van der Waals surface area contributed by atoms with Gasteiger partial charge < -0.3 is 14.4 Å². The number of ether oxygens (including phenoxy) is 2. The molecule has 0 fully saturated rings. The highest BCUT2D eigenvalue weighted by Crippen LogP contribution is 2.32. The minimum atomic E-state index is -0.0455. The van der Waals surface area contributed by atoms with E-state index in [1.807, 2.05) is 56.3 Å². The van der Waals surface area contributed by atoms with Crippen LogP contribution in [0.25, 0.3) is 10.2 Å². The number of rotatable bonds is 10. The fourth-order valence-corrected chi connectivity index (χ4v) is 4.17. The summed E-state index contributed by atoms with van der Waals surface area (Å²) < 4.78 is 12.1. The lowest BCUT2D eigenvalue weighted by molar-refractivity contribution is -0.858. The summed E-state index contributed by atoms with van der Waals surface area (Å²) in [7, 11) is 4.23. The largest absolute Gasteiger partial charge is 0.494 e. The zero-order valence-corrected chi connectivity index (χ0v) is 18.9. The number of nitrogens with one attached hydrogen (secondary N) is 1. The molecule has 0 aliphatic heterocycles. The number of amides is 1. The van der Waals surface area contributed by atoms with Gasteiger partial charge in [-0.3, -0.25) is 9.69 Å². The van der Waals surface area contributed by atoms with Crippen LogP contribution in [0.3, 0.4) is 0 Å². The van der Waals surface area contributed by atoms with E-state index in [1.54, 1.807) is 4.90 Å². The first-order valence-electron chi connectivity index (χ1n) is 10.4. The van der Waals surface area contributed by atoms with Crippen LogP contribution in [0.5, 0.6) is 11.5 Å². The first-order chi connectivity index (χ1) is 14.5. The Morgan fingerprint density at radius 2 is 1.70 bits per heavy atom. The first kappa shape index (κ1) is 22.1. The lowest BCUT2D eigenvalue weighted by atomic mass is 10.2. The normalized spacial score (nSPS) is 11.1. The van der Waals surface area contributed by atoms with Gasteiger partial charge in [-0.05, 0) is 56.3 Å². The maximum Gasteiger partial charge on any atom is 0.260 e. The zero-order chi connectivity index (χ0) is 21.5. The van der Waals surface area contributed by atoms with Crippen LogP contribution in [-0.2, 0) is 0 Å². The van der Waals surface area contributed by atoms with Gasteiger partial charge in [0.05, 0.1) is 44.1 Å². The molecule has 0 spiro atoms. The maximum atomic E-state index is 13.4. The molecule has 0 saturated heterocycles. The van der Waals surface area contributed by atoms with Crippen molar-refractivity contribution in [2.75, 3.05) is 45.3 Å². The van der Waals surface area contributed by atoms with Gasteiger partial charge in [-0.15, -0.1) is 0 Å². The van der Waals surface area contributed by atoms with E-state index in [4.69, 9.17) is 14.5 Å². The molecule has 7 heteroatoms. The molecule has 0 radical (unpaired) electrons. The number of anilines is 1. The second kappa shape index (κ2) is 10.4. The predicted molar refractivity (Wildman–Crippen MR) is 122 cm³/mol. The Balaban J connectivity index is 1.89. The molecule has 0 saturated carbocycles. The first-order valence-corrected chi connectivity index (χ1v) is 11.2. The highest BCUT2D eigenvalue weighted by molar-refractivity contribution is 7.22. The molecule has 160 valence electrons. The zero-order valence-electron chi connectivity index (χ0n) is 18.1. The number of carbonyl (C=O) groups is 1. The second-order valence-electron chi connectivity index (χ2n) is 7.28. The molecule has 1 aromatic heterocycles. The third kappa shape index (κ3) is 5.49. The summed E-state index contributed by atoms with van der Waals surface area (Å²) >= 11 is 1.52. The molecule has 1 amide bonds. The smallest absolute Gasteiger partial charge is 0.260 e. The lowest BCUT2D eigenvalue weighted by Crippen LogP contribution is -3.05. The fourth-order valence-electron chi connectivity index (χ4n) is 3.16. The van der Waals surface area contributed by atoms with E-state index in [9.17, 15) is 4.79 Å². The number of aromatic nitrogens is 1. The van der Waals surface area contributed by atoms with Gasteiger partial charge in [0.1, 0.15) is 11.5 Å². The SMILES string of the molecule is CCOc1ccc(C(=O)N(CCC[NH+](C)C)c2nc3ccc(OCC)cc3s2)cc1. The molecule has 30 heavy (non-hydrogen) atoms. The number of carbonyl (C=O) groups excluding carboxylic acids is 1. The molecule has 1 heterocycles. The lowest BCUT2D eigenvalue weighted by Gasteiger charge is -2.20. The van der Waals surface area contributed by atoms with E-state index < -0.39 is 0 Å². The van der Waals surface area contributed by atoms with Crippen molar-refractivity contribution in [3.05, 3.63) is 48.0 Å². The number of benzene rings is 2. The van der Waals surface area contributed by atoms with Crippen LogP contribution < -0.4 is 19.3 Å². The highest BCUT2D eigenvalue weighted by Gasteiger charge is 2.22. The quantitative estimate of drug-likeness (QED) is 0.539. The van der Waals surface area contributed by atoms with Gasteiger partial charge in [-0.2, -0.15) is 0 Å². The maximum absolute atomic E-state index is 13.4. The molecule has 3 aromatic rings. The predicted octanol–water partition coefficient (Wildman–Crippen LogP) is 3.28. The van der Waals surface area contributed by atoms with Crippen molar-refractivity contribution in [2.45, 2.75) is 20.3 Å². The molecule has 3 rings (SSSR count). The van der Waals surface area contributed by atoms with Crippen molar-refractivity contribution < 1.29 is 19.2 Å². The summed E-state index contributed by atoms with van der Waals surface area (Å²) in [4.78, 5) is 21.2. The van der Waals surface area contributed by atoms with Crippen molar-refractivity contribution in [1.29, 1.82) is 0 Å². The molecule has 0 aliphatic carbocycles. The van der Waals surface area contributed by atoms with E-state index in [1.165, 1.54) is 16.2 Å². The molecule has 0 aliphatic rings. The van der Waals surface area contributed by atoms with Crippen LogP contribution in [0.15, 0.2) is 42.5 Å².